The van der Waals surface area contributed by atoms with Crippen molar-refractivity contribution in [3.05, 3.63) is 59.0 Å². The molecule has 0 aliphatic carbocycles. The summed E-state index contributed by atoms with van der Waals surface area (Å²) in [5.74, 6) is -1.49. The normalized spacial score (nSPS) is 12.1. The molecule has 1 amide bonds. The Morgan fingerprint density at radius 2 is 1.94 bits per heavy atom. The summed E-state index contributed by atoms with van der Waals surface area (Å²) in [6.45, 7) is 2.24. The SMILES string of the molecule is CCCCOc1nc(C(F)(F)F)ccc1C=CC(=O)NCCc1ccc(NS(C)(=O)=O)c(F)c1. The molecule has 12 heteroatoms. The van der Waals surface area contributed by atoms with Crippen LogP contribution in [0.3, 0.4) is 0 Å². The number of aromatic nitrogens is 1. The minimum atomic E-state index is -4.62. The number of nitrogens with one attached hydrogen (secondary N) is 2. The summed E-state index contributed by atoms with van der Waals surface area (Å²) in [6, 6.07) is 5.94. The smallest absolute Gasteiger partial charge is 0.433 e. The number of unbranched alkanes of at least 4 members (excludes halogenated alkanes) is 1. The second-order valence-electron chi connectivity index (χ2n) is 7.35. The van der Waals surface area contributed by atoms with Crippen LogP contribution in [0.15, 0.2) is 36.4 Å². The van der Waals surface area contributed by atoms with Gasteiger partial charge in [0, 0.05) is 18.2 Å². The summed E-state index contributed by atoms with van der Waals surface area (Å²) in [7, 11) is -3.61. The average Bonchev–Trinajstić information content (AvgIpc) is 2.73. The number of hydrogen-bond donors (Lipinski definition) is 2. The Kier molecular flexibility index (Phi) is 9.42. The van der Waals surface area contributed by atoms with Crippen molar-refractivity contribution in [2.75, 3.05) is 24.1 Å². The number of ether oxygens (including phenoxy) is 1. The molecule has 1 heterocycles. The fourth-order valence-electron chi connectivity index (χ4n) is 2.72. The molecule has 0 spiro atoms. The molecule has 2 aromatic rings. The highest BCUT2D eigenvalue weighted by Crippen LogP contribution is 2.30. The molecule has 0 saturated carbocycles. The van der Waals surface area contributed by atoms with Gasteiger partial charge in [-0.3, -0.25) is 9.52 Å². The first-order valence-electron chi connectivity index (χ1n) is 10.3. The van der Waals surface area contributed by atoms with Gasteiger partial charge >= 0.3 is 6.18 Å². The third kappa shape index (κ3) is 9.00. The molecule has 7 nitrogen and oxygen atoms in total. The van der Waals surface area contributed by atoms with E-state index in [1.807, 2.05) is 6.92 Å². The number of carbonyl (C=O) groups is 1. The largest absolute Gasteiger partial charge is 0.477 e. The number of amides is 1. The molecule has 2 N–H and O–H groups in total. The lowest BCUT2D eigenvalue weighted by molar-refractivity contribution is -0.141. The van der Waals surface area contributed by atoms with Crippen LogP contribution in [0.5, 0.6) is 5.88 Å². The molecule has 0 bridgehead atoms. The Hall–Kier alpha value is -3.15. The predicted molar refractivity (Wildman–Crippen MR) is 120 cm³/mol. The van der Waals surface area contributed by atoms with E-state index < -0.39 is 33.6 Å². The molecule has 2 rings (SSSR count). The number of nitrogens with zero attached hydrogens (tertiary/aromatic N) is 1. The minimum absolute atomic E-state index is 0.145. The maximum absolute atomic E-state index is 14.0. The van der Waals surface area contributed by atoms with Crippen molar-refractivity contribution in [2.45, 2.75) is 32.4 Å². The van der Waals surface area contributed by atoms with Crippen molar-refractivity contribution in [1.82, 2.24) is 10.3 Å². The van der Waals surface area contributed by atoms with Crippen LogP contribution in [0.1, 0.15) is 36.6 Å². The maximum atomic E-state index is 14.0. The summed E-state index contributed by atoms with van der Waals surface area (Å²) in [6.07, 6.45) is 0.404. The molecule has 0 saturated heterocycles. The number of rotatable bonds is 11. The van der Waals surface area contributed by atoms with Gasteiger partial charge in [0.1, 0.15) is 11.5 Å². The number of benzene rings is 1. The van der Waals surface area contributed by atoms with Crippen molar-refractivity contribution < 1.29 is 35.5 Å². The molecular weight excluding hydrogens is 478 g/mol. The van der Waals surface area contributed by atoms with E-state index in [1.54, 1.807) is 0 Å². The van der Waals surface area contributed by atoms with E-state index in [0.29, 0.717) is 12.0 Å². The summed E-state index contributed by atoms with van der Waals surface area (Å²) < 4.78 is 82.7. The van der Waals surface area contributed by atoms with Crippen LogP contribution < -0.4 is 14.8 Å². The average molecular weight is 504 g/mol. The van der Waals surface area contributed by atoms with Crippen LogP contribution >= 0.6 is 0 Å². The molecular formula is C22H25F4N3O4S. The molecule has 1 aromatic carbocycles. The molecule has 0 unspecified atom stereocenters. The van der Waals surface area contributed by atoms with Crippen molar-refractivity contribution in [2.24, 2.45) is 0 Å². The number of alkyl halides is 3. The highest BCUT2D eigenvalue weighted by atomic mass is 32.2. The highest BCUT2D eigenvalue weighted by molar-refractivity contribution is 7.92. The minimum Gasteiger partial charge on any atom is -0.477 e. The molecule has 1 aromatic heterocycles. The Bertz CT molecular complexity index is 1140. The fourth-order valence-corrected chi connectivity index (χ4v) is 3.28. The third-order valence-electron chi connectivity index (χ3n) is 4.37. The molecule has 0 aliphatic heterocycles. The predicted octanol–water partition coefficient (Wildman–Crippen LogP) is 4.16. The zero-order chi connectivity index (χ0) is 25.4. The van der Waals surface area contributed by atoms with Crippen molar-refractivity contribution in [3.63, 3.8) is 0 Å². The van der Waals surface area contributed by atoms with Gasteiger partial charge < -0.3 is 10.1 Å². The molecule has 0 atom stereocenters. The summed E-state index contributed by atoms with van der Waals surface area (Å²) in [5.41, 5.74) is -0.527. The maximum Gasteiger partial charge on any atom is 0.433 e. The Morgan fingerprint density at radius 3 is 2.56 bits per heavy atom. The highest BCUT2D eigenvalue weighted by Gasteiger charge is 2.33. The van der Waals surface area contributed by atoms with Crippen LogP contribution in [-0.4, -0.2) is 38.7 Å². The van der Waals surface area contributed by atoms with Gasteiger partial charge in [-0.25, -0.2) is 17.8 Å². The summed E-state index contributed by atoms with van der Waals surface area (Å²) >= 11 is 0. The van der Waals surface area contributed by atoms with Gasteiger partial charge in [-0.2, -0.15) is 13.2 Å². The number of sulfonamides is 1. The van der Waals surface area contributed by atoms with E-state index in [0.717, 1.165) is 30.9 Å². The van der Waals surface area contributed by atoms with Crippen molar-refractivity contribution >= 4 is 27.7 Å². The fraction of sp³-hybridized carbons (Fsp3) is 0.364. The van der Waals surface area contributed by atoms with E-state index in [-0.39, 0.29) is 36.7 Å². The van der Waals surface area contributed by atoms with Crippen LogP contribution in [0.25, 0.3) is 6.08 Å². The third-order valence-corrected chi connectivity index (χ3v) is 4.96. The Balaban J connectivity index is 1.98. The van der Waals surface area contributed by atoms with Crippen LogP contribution in [0, 0.1) is 5.82 Å². The summed E-state index contributed by atoms with van der Waals surface area (Å²) in [4.78, 5) is 15.6. The second kappa shape index (κ2) is 11.8. The van der Waals surface area contributed by atoms with E-state index >= 15 is 0 Å². The number of halogens is 4. The van der Waals surface area contributed by atoms with Crippen molar-refractivity contribution in [1.29, 1.82) is 0 Å². The Labute approximate surface area is 195 Å². The lowest BCUT2D eigenvalue weighted by Crippen LogP contribution is -2.23. The number of anilines is 1. The lowest BCUT2D eigenvalue weighted by Gasteiger charge is -2.11. The van der Waals surface area contributed by atoms with E-state index in [1.165, 1.54) is 24.3 Å². The second-order valence-corrected chi connectivity index (χ2v) is 9.10. The molecule has 0 fully saturated rings. The first-order chi connectivity index (χ1) is 15.9. The molecule has 186 valence electrons. The monoisotopic (exact) mass is 503 g/mol. The number of pyridine rings is 1. The van der Waals surface area contributed by atoms with Gasteiger partial charge in [0.2, 0.25) is 21.8 Å². The molecule has 0 radical (unpaired) electrons. The zero-order valence-electron chi connectivity index (χ0n) is 18.6. The molecule has 34 heavy (non-hydrogen) atoms. The van der Waals surface area contributed by atoms with Gasteiger partial charge in [0.25, 0.3) is 0 Å². The van der Waals surface area contributed by atoms with Crippen LogP contribution in [-0.2, 0) is 27.4 Å². The van der Waals surface area contributed by atoms with E-state index in [9.17, 15) is 30.8 Å². The van der Waals surface area contributed by atoms with Crippen LogP contribution in [0.2, 0.25) is 0 Å². The van der Waals surface area contributed by atoms with Gasteiger partial charge in [0.15, 0.2) is 0 Å². The topological polar surface area (TPSA) is 97.4 Å². The van der Waals surface area contributed by atoms with Crippen LogP contribution in [0.4, 0.5) is 23.2 Å². The first kappa shape index (κ1) is 27.1. The lowest BCUT2D eigenvalue weighted by atomic mass is 10.1. The Morgan fingerprint density at radius 1 is 1.21 bits per heavy atom. The molecule has 0 aliphatic rings. The van der Waals surface area contributed by atoms with Gasteiger partial charge in [0.05, 0.1) is 18.6 Å². The van der Waals surface area contributed by atoms with E-state index in [2.05, 4.69) is 15.0 Å². The van der Waals surface area contributed by atoms with E-state index in [4.69, 9.17) is 4.74 Å². The first-order valence-corrected chi connectivity index (χ1v) is 12.2. The van der Waals surface area contributed by atoms with Crippen molar-refractivity contribution in [3.8, 4) is 5.88 Å². The van der Waals surface area contributed by atoms with Gasteiger partial charge in [-0.05, 0) is 48.7 Å². The van der Waals surface area contributed by atoms with Gasteiger partial charge in [-0.1, -0.05) is 19.4 Å². The number of hydrogen-bond acceptors (Lipinski definition) is 5. The number of carbonyl (C=O) groups excluding carboxylic acids is 1. The standard InChI is InChI=1S/C22H25F4N3O4S/c1-3-4-13-33-21-16(6-9-19(28-21)22(24,25)26)7-10-20(30)27-12-11-15-5-8-18(17(23)14-15)29-34(2,31)32/h5-10,14,29H,3-4,11-13H2,1-2H3,(H,27,30). The quantitative estimate of drug-likeness (QED) is 0.273. The zero-order valence-corrected chi connectivity index (χ0v) is 19.4. The van der Waals surface area contributed by atoms with Gasteiger partial charge in [-0.15, -0.1) is 0 Å². The summed E-state index contributed by atoms with van der Waals surface area (Å²) in [5, 5.41) is 2.58.